The number of thioether (sulfide) groups is 1. The standard InChI is InChI=1S/C11H22N2S/c1-9-7-14-8-11(9)12-10-3-5-13(2)6-4-10/h9-12H,3-8H2,1-2H3. The van der Waals surface area contributed by atoms with E-state index in [2.05, 4.69) is 35.9 Å². The molecule has 2 atom stereocenters. The van der Waals surface area contributed by atoms with Crippen molar-refractivity contribution in [3.63, 3.8) is 0 Å². The molecular weight excluding hydrogens is 192 g/mol. The highest BCUT2D eigenvalue weighted by atomic mass is 32.2. The molecule has 0 amide bonds. The van der Waals surface area contributed by atoms with Gasteiger partial charge in [0.15, 0.2) is 0 Å². The van der Waals surface area contributed by atoms with E-state index >= 15 is 0 Å². The molecule has 0 aliphatic carbocycles. The van der Waals surface area contributed by atoms with Crippen LogP contribution in [-0.4, -0.2) is 48.6 Å². The van der Waals surface area contributed by atoms with Crippen molar-refractivity contribution < 1.29 is 0 Å². The third kappa shape index (κ3) is 2.65. The maximum absolute atomic E-state index is 3.84. The highest BCUT2D eigenvalue weighted by Crippen LogP contribution is 2.24. The second-order valence-corrected chi connectivity index (χ2v) is 5.94. The summed E-state index contributed by atoms with van der Waals surface area (Å²) >= 11 is 2.11. The molecule has 2 fully saturated rings. The Morgan fingerprint density at radius 1 is 1.21 bits per heavy atom. The van der Waals surface area contributed by atoms with Gasteiger partial charge in [-0.15, -0.1) is 0 Å². The van der Waals surface area contributed by atoms with E-state index in [1.165, 1.54) is 37.4 Å². The normalized spacial score (nSPS) is 36.4. The van der Waals surface area contributed by atoms with Crippen molar-refractivity contribution in [2.24, 2.45) is 5.92 Å². The summed E-state index contributed by atoms with van der Waals surface area (Å²) in [5.74, 6) is 3.55. The number of nitrogens with zero attached hydrogens (tertiary/aromatic N) is 1. The third-order valence-electron chi connectivity index (χ3n) is 3.53. The number of nitrogens with one attached hydrogen (secondary N) is 1. The van der Waals surface area contributed by atoms with Crippen LogP contribution in [0.25, 0.3) is 0 Å². The van der Waals surface area contributed by atoms with Gasteiger partial charge in [0.1, 0.15) is 0 Å². The van der Waals surface area contributed by atoms with Crippen LogP contribution < -0.4 is 5.32 Å². The molecule has 2 rings (SSSR count). The lowest BCUT2D eigenvalue weighted by atomic mass is 10.0. The first kappa shape index (κ1) is 10.8. The van der Waals surface area contributed by atoms with Crippen molar-refractivity contribution in [3.05, 3.63) is 0 Å². The quantitative estimate of drug-likeness (QED) is 0.748. The van der Waals surface area contributed by atoms with Crippen molar-refractivity contribution in [3.8, 4) is 0 Å². The first-order valence-corrected chi connectivity index (χ1v) is 6.93. The molecule has 1 N–H and O–H groups in total. The van der Waals surface area contributed by atoms with Gasteiger partial charge < -0.3 is 10.2 Å². The molecule has 2 unspecified atom stereocenters. The van der Waals surface area contributed by atoms with Crippen molar-refractivity contribution in [2.75, 3.05) is 31.6 Å². The van der Waals surface area contributed by atoms with Crippen LogP contribution in [0.15, 0.2) is 0 Å². The maximum Gasteiger partial charge on any atom is 0.0194 e. The molecule has 0 saturated carbocycles. The van der Waals surface area contributed by atoms with E-state index in [0.717, 1.165) is 18.0 Å². The molecule has 2 aliphatic heterocycles. The fourth-order valence-electron chi connectivity index (χ4n) is 2.35. The van der Waals surface area contributed by atoms with Gasteiger partial charge in [0, 0.05) is 17.8 Å². The highest BCUT2D eigenvalue weighted by molar-refractivity contribution is 7.99. The average Bonchev–Trinajstić information content (AvgIpc) is 2.56. The predicted octanol–water partition coefficient (Wildman–Crippen LogP) is 1.42. The van der Waals surface area contributed by atoms with Crippen LogP contribution in [0.5, 0.6) is 0 Å². The smallest absolute Gasteiger partial charge is 0.0194 e. The van der Waals surface area contributed by atoms with Crippen LogP contribution in [0.4, 0.5) is 0 Å². The fourth-order valence-corrected chi connectivity index (χ4v) is 3.77. The van der Waals surface area contributed by atoms with Gasteiger partial charge in [-0.2, -0.15) is 11.8 Å². The van der Waals surface area contributed by atoms with E-state index in [1.807, 2.05) is 0 Å². The zero-order valence-corrected chi connectivity index (χ0v) is 10.1. The molecule has 0 spiro atoms. The number of piperidine rings is 1. The number of hydrogen-bond donors (Lipinski definition) is 1. The molecule has 82 valence electrons. The lowest BCUT2D eigenvalue weighted by molar-refractivity contribution is 0.220. The van der Waals surface area contributed by atoms with Crippen molar-refractivity contribution >= 4 is 11.8 Å². The van der Waals surface area contributed by atoms with Crippen molar-refractivity contribution in [1.29, 1.82) is 0 Å². The van der Waals surface area contributed by atoms with Gasteiger partial charge in [0.05, 0.1) is 0 Å². The van der Waals surface area contributed by atoms with Crippen LogP contribution in [0.1, 0.15) is 19.8 Å². The van der Waals surface area contributed by atoms with Gasteiger partial charge in [-0.25, -0.2) is 0 Å². The molecular formula is C11H22N2S. The Hall–Kier alpha value is 0.270. The lowest BCUT2D eigenvalue weighted by Gasteiger charge is -2.32. The minimum atomic E-state index is 0.786. The summed E-state index contributed by atoms with van der Waals surface area (Å²) in [4.78, 5) is 2.44. The van der Waals surface area contributed by atoms with E-state index in [-0.39, 0.29) is 0 Å². The minimum Gasteiger partial charge on any atom is -0.310 e. The Bertz CT molecular complexity index is 178. The van der Waals surface area contributed by atoms with Gasteiger partial charge in [-0.05, 0) is 44.6 Å². The molecule has 3 heteroatoms. The summed E-state index contributed by atoms with van der Waals surface area (Å²) in [6.45, 7) is 4.92. The second kappa shape index (κ2) is 4.86. The predicted molar refractivity (Wildman–Crippen MR) is 63.9 cm³/mol. The Balaban J connectivity index is 1.74. The third-order valence-corrected chi connectivity index (χ3v) is 4.89. The summed E-state index contributed by atoms with van der Waals surface area (Å²) in [5.41, 5.74) is 0. The molecule has 14 heavy (non-hydrogen) atoms. The highest BCUT2D eigenvalue weighted by Gasteiger charge is 2.27. The Morgan fingerprint density at radius 2 is 1.93 bits per heavy atom. The summed E-state index contributed by atoms with van der Waals surface area (Å²) in [6, 6.07) is 1.57. The molecule has 0 aromatic heterocycles. The molecule has 0 aromatic carbocycles. The summed E-state index contributed by atoms with van der Waals surface area (Å²) < 4.78 is 0. The van der Waals surface area contributed by atoms with Gasteiger partial charge in [0.25, 0.3) is 0 Å². The molecule has 0 bridgehead atoms. The zero-order chi connectivity index (χ0) is 9.97. The van der Waals surface area contributed by atoms with Crippen LogP contribution in [0, 0.1) is 5.92 Å². The Kier molecular flexibility index (Phi) is 3.74. The monoisotopic (exact) mass is 214 g/mol. The van der Waals surface area contributed by atoms with E-state index in [9.17, 15) is 0 Å². The average molecular weight is 214 g/mol. The molecule has 2 aliphatic rings. The summed E-state index contributed by atoms with van der Waals surface area (Å²) in [5, 5.41) is 3.84. The van der Waals surface area contributed by atoms with Crippen LogP contribution in [0.2, 0.25) is 0 Å². The van der Waals surface area contributed by atoms with E-state index < -0.39 is 0 Å². The van der Waals surface area contributed by atoms with Gasteiger partial charge in [-0.1, -0.05) is 6.92 Å². The van der Waals surface area contributed by atoms with Crippen LogP contribution in [0.3, 0.4) is 0 Å². The second-order valence-electron chi connectivity index (χ2n) is 4.87. The SMILES string of the molecule is CC1CSCC1NC1CCN(C)CC1. The minimum absolute atomic E-state index is 0.786. The summed E-state index contributed by atoms with van der Waals surface area (Å²) in [6.07, 6.45) is 2.68. The maximum atomic E-state index is 3.84. The van der Waals surface area contributed by atoms with E-state index in [0.29, 0.717) is 0 Å². The molecule has 2 heterocycles. The first-order valence-electron chi connectivity index (χ1n) is 5.78. The van der Waals surface area contributed by atoms with Gasteiger partial charge >= 0.3 is 0 Å². The Morgan fingerprint density at radius 3 is 2.50 bits per heavy atom. The lowest BCUT2D eigenvalue weighted by Crippen LogP contribution is -2.47. The summed E-state index contributed by atoms with van der Waals surface area (Å²) in [7, 11) is 2.23. The van der Waals surface area contributed by atoms with Crippen LogP contribution >= 0.6 is 11.8 Å². The van der Waals surface area contributed by atoms with Crippen LogP contribution in [-0.2, 0) is 0 Å². The largest absolute Gasteiger partial charge is 0.310 e. The number of rotatable bonds is 2. The van der Waals surface area contributed by atoms with E-state index in [4.69, 9.17) is 0 Å². The number of likely N-dealkylation sites (tertiary alicyclic amines) is 1. The van der Waals surface area contributed by atoms with Gasteiger partial charge in [-0.3, -0.25) is 0 Å². The zero-order valence-electron chi connectivity index (χ0n) is 9.33. The number of hydrogen-bond acceptors (Lipinski definition) is 3. The Labute approximate surface area is 91.8 Å². The molecule has 2 saturated heterocycles. The first-order chi connectivity index (χ1) is 6.75. The topological polar surface area (TPSA) is 15.3 Å². The molecule has 0 radical (unpaired) electrons. The fraction of sp³-hybridized carbons (Fsp3) is 1.00. The molecule has 0 aromatic rings. The van der Waals surface area contributed by atoms with Gasteiger partial charge in [0.2, 0.25) is 0 Å². The molecule has 2 nitrogen and oxygen atoms in total. The van der Waals surface area contributed by atoms with E-state index in [1.54, 1.807) is 0 Å². The van der Waals surface area contributed by atoms with Crippen molar-refractivity contribution in [1.82, 2.24) is 10.2 Å². The van der Waals surface area contributed by atoms with Crippen molar-refractivity contribution in [2.45, 2.75) is 31.8 Å².